The summed E-state index contributed by atoms with van der Waals surface area (Å²) in [5, 5.41) is 9.43. The number of nitrogens with two attached hydrogens (primary N) is 1. The van der Waals surface area contributed by atoms with Gasteiger partial charge >= 0.3 is 5.63 Å². The molecule has 8 heteroatoms. The second-order valence-electron chi connectivity index (χ2n) is 7.40. The van der Waals surface area contributed by atoms with Gasteiger partial charge in [-0.3, -0.25) is 0 Å². The summed E-state index contributed by atoms with van der Waals surface area (Å²) in [7, 11) is 0. The van der Waals surface area contributed by atoms with Gasteiger partial charge in [0, 0.05) is 17.2 Å². The largest absolute Gasteiger partial charge is 0.423 e. The third kappa shape index (κ3) is 3.70. The van der Waals surface area contributed by atoms with Crippen LogP contribution in [0.25, 0.3) is 22.4 Å². The summed E-state index contributed by atoms with van der Waals surface area (Å²) in [6, 6.07) is 11.7. The quantitative estimate of drug-likeness (QED) is 0.286. The minimum absolute atomic E-state index is 0.241. The van der Waals surface area contributed by atoms with Gasteiger partial charge < -0.3 is 10.3 Å². The molecule has 0 bridgehead atoms. The van der Waals surface area contributed by atoms with Crippen molar-refractivity contribution in [3.8, 4) is 11.4 Å². The monoisotopic (exact) mass is 424 g/mol. The van der Waals surface area contributed by atoms with Crippen LogP contribution in [-0.2, 0) is 5.75 Å². The molecular formula is C22H21FN4O2S. The molecule has 2 heterocycles. The number of nitrogen functional groups attached to an aromatic ring is 1. The Bertz CT molecular complexity index is 1300. The van der Waals surface area contributed by atoms with Crippen molar-refractivity contribution in [3.05, 3.63) is 75.4 Å². The maximum atomic E-state index is 14.1. The molecule has 30 heavy (non-hydrogen) atoms. The number of aromatic nitrogens is 3. The van der Waals surface area contributed by atoms with Crippen molar-refractivity contribution in [2.75, 3.05) is 5.84 Å². The summed E-state index contributed by atoms with van der Waals surface area (Å²) < 4.78 is 20.7. The Kier molecular flexibility index (Phi) is 5.34. The van der Waals surface area contributed by atoms with Crippen LogP contribution in [0.2, 0.25) is 0 Å². The Morgan fingerprint density at radius 1 is 1.20 bits per heavy atom. The van der Waals surface area contributed by atoms with Crippen molar-refractivity contribution in [2.45, 2.75) is 37.6 Å². The lowest BCUT2D eigenvalue weighted by molar-refractivity contribution is 0.559. The first-order valence-electron chi connectivity index (χ1n) is 9.50. The first kappa shape index (κ1) is 20.2. The van der Waals surface area contributed by atoms with Crippen molar-refractivity contribution < 1.29 is 8.81 Å². The van der Waals surface area contributed by atoms with E-state index in [2.05, 4.69) is 30.1 Å². The van der Waals surface area contributed by atoms with Gasteiger partial charge in [-0.05, 0) is 53.8 Å². The highest BCUT2D eigenvalue weighted by Gasteiger charge is 2.17. The number of aryl methyl sites for hydroxylation is 1. The zero-order chi connectivity index (χ0) is 21.4. The maximum Gasteiger partial charge on any atom is 0.336 e. The molecule has 0 amide bonds. The average molecular weight is 425 g/mol. The van der Waals surface area contributed by atoms with Crippen LogP contribution in [0.3, 0.4) is 0 Å². The van der Waals surface area contributed by atoms with Gasteiger partial charge in [0.05, 0.1) is 5.56 Å². The Labute approximate surface area is 176 Å². The highest BCUT2D eigenvalue weighted by molar-refractivity contribution is 7.98. The van der Waals surface area contributed by atoms with E-state index in [1.54, 1.807) is 18.2 Å². The van der Waals surface area contributed by atoms with E-state index in [1.807, 2.05) is 13.0 Å². The Balaban J connectivity index is 1.68. The van der Waals surface area contributed by atoms with Crippen LogP contribution in [0.1, 0.15) is 36.5 Å². The van der Waals surface area contributed by atoms with Gasteiger partial charge in [-0.15, -0.1) is 10.2 Å². The molecule has 0 fully saturated rings. The minimum atomic E-state index is -0.420. The molecule has 154 valence electrons. The first-order chi connectivity index (χ1) is 14.3. The molecule has 0 radical (unpaired) electrons. The van der Waals surface area contributed by atoms with E-state index in [0.29, 0.717) is 22.4 Å². The minimum Gasteiger partial charge on any atom is -0.423 e. The Morgan fingerprint density at radius 2 is 1.97 bits per heavy atom. The van der Waals surface area contributed by atoms with Crippen molar-refractivity contribution in [3.63, 3.8) is 0 Å². The fourth-order valence-electron chi connectivity index (χ4n) is 3.48. The number of nitrogens with zero attached hydrogens (tertiary/aromatic N) is 3. The molecule has 0 atom stereocenters. The van der Waals surface area contributed by atoms with Crippen LogP contribution in [0.4, 0.5) is 4.39 Å². The third-order valence-corrected chi connectivity index (χ3v) is 5.97. The lowest BCUT2D eigenvalue weighted by atomic mass is 9.95. The molecule has 0 spiro atoms. The van der Waals surface area contributed by atoms with Crippen LogP contribution in [-0.4, -0.2) is 14.9 Å². The molecule has 0 saturated carbocycles. The van der Waals surface area contributed by atoms with Gasteiger partial charge in [-0.1, -0.05) is 37.7 Å². The van der Waals surface area contributed by atoms with Gasteiger partial charge in [0.15, 0.2) is 5.82 Å². The molecule has 0 aliphatic rings. The SMILES string of the molecule is Cc1cc2oc(=O)cc(CSc3nnc(-c4ccccc4F)n3N)c2cc1C(C)C. The number of hydrogen-bond donors (Lipinski definition) is 1. The summed E-state index contributed by atoms with van der Waals surface area (Å²) in [4.78, 5) is 12.1. The van der Waals surface area contributed by atoms with Crippen molar-refractivity contribution in [1.82, 2.24) is 14.9 Å². The third-order valence-electron chi connectivity index (χ3n) is 4.97. The number of benzene rings is 2. The van der Waals surface area contributed by atoms with Crippen LogP contribution < -0.4 is 11.5 Å². The molecule has 2 aromatic heterocycles. The summed E-state index contributed by atoms with van der Waals surface area (Å²) in [5.41, 5.74) is 3.54. The highest BCUT2D eigenvalue weighted by Crippen LogP contribution is 2.31. The predicted octanol–water partition coefficient (Wildman–Crippen LogP) is 4.63. The molecule has 0 saturated heterocycles. The highest BCUT2D eigenvalue weighted by atomic mass is 32.2. The van der Waals surface area contributed by atoms with Crippen LogP contribution in [0.15, 0.2) is 56.8 Å². The molecule has 0 unspecified atom stereocenters. The Hall–Kier alpha value is -3.13. The van der Waals surface area contributed by atoms with E-state index in [9.17, 15) is 9.18 Å². The number of rotatable bonds is 5. The molecule has 6 nitrogen and oxygen atoms in total. The fraction of sp³-hybridized carbons (Fsp3) is 0.227. The van der Waals surface area contributed by atoms with Crippen LogP contribution in [0, 0.1) is 12.7 Å². The molecule has 2 aromatic carbocycles. The van der Waals surface area contributed by atoms with Crippen LogP contribution in [0.5, 0.6) is 0 Å². The van der Waals surface area contributed by atoms with E-state index < -0.39 is 11.4 Å². The number of hydrogen-bond acceptors (Lipinski definition) is 6. The number of halogens is 1. The maximum absolute atomic E-state index is 14.1. The first-order valence-corrected chi connectivity index (χ1v) is 10.5. The fourth-order valence-corrected chi connectivity index (χ4v) is 4.32. The van der Waals surface area contributed by atoms with E-state index in [4.69, 9.17) is 10.3 Å². The standard InChI is InChI=1S/C22H21FN4O2S/c1-12(2)16-10-17-14(9-20(28)29-19(17)8-13(16)3)11-30-22-26-25-21(27(22)24)15-6-4-5-7-18(15)23/h4-10,12H,11,24H2,1-3H3. The van der Waals surface area contributed by atoms with E-state index in [-0.39, 0.29) is 11.4 Å². The Morgan fingerprint density at radius 3 is 2.70 bits per heavy atom. The number of thioether (sulfide) groups is 1. The van der Waals surface area contributed by atoms with Crippen LogP contribution >= 0.6 is 11.8 Å². The van der Waals surface area contributed by atoms with Crippen molar-refractivity contribution >= 4 is 22.7 Å². The zero-order valence-electron chi connectivity index (χ0n) is 16.8. The molecule has 0 aliphatic heterocycles. The molecule has 0 aliphatic carbocycles. The van der Waals surface area contributed by atoms with Gasteiger partial charge in [-0.2, -0.15) is 0 Å². The topological polar surface area (TPSA) is 86.9 Å². The lowest BCUT2D eigenvalue weighted by Gasteiger charge is -2.13. The second kappa shape index (κ2) is 7.95. The van der Waals surface area contributed by atoms with Gasteiger partial charge in [0.1, 0.15) is 11.4 Å². The molecule has 4 aromatic rings. The van der Waals surface area contributed by atoms with Crippen molar-refractivity contribution in [1.29, 1.82) is 0 Å². The molecular weight excluding hydrogens is 403 g/mol. The van der Waals surface area contributed by atoms with Gasteiger partial charge in [0.2, 0.25) is 5.16 Å². The zero-order valence-corrected chi connectivity index (χ0v) is 17.7. The van der Waals surface area contributed by atoms with E-state index in [1.165, 1.54) is 34.1 Å². The summed E-state index contributed by atoms with van der Waals surface area (Å²) in [6.45, 7) is 6.27. The average Bonchev–Trinajstić information content (AvgIpc) is 3.06. The summed E-state index contributed by atoms with van der Waals surface area (Å²) in [6.07, 6.45) is 0. The molecule has 4 rings (SSSR count). The van der Waals surface area contributed by atoms with Gasteiger partial charge in [-0.25, -0.2) is 13.9 Å². The van der Waals surface area contributed by atoms with Gasteiger partial charge in [0.25, 0.3) is 0 Å². The summed E-state index contributed by atoms with van der Waals surface area (Å²) >= 11 is 1.32. The van der Waals surface area contributed by atoms with Crippen molar-refractivity contribution in [2.24, 2.45) is 0 Å². The molecule has 2 N–H and O–H groups in total. The predicted molar refractivity (Wildman–Crippen MR) is 116 cm³/mol. The smallest absolute Gasteiger partial charge is 0.336 e. The second-order valence-corrected chi connectivity index (χ2v) is 8.34. The number of fused-ring (bicyclic) bond motifs is 1. The lowest BCUT2D eigenvalue weighted by Crippen LogP contribution is -2.12. The van der Waals surface area contributed by atoms with E-state index in [0.717, 1.165) is 16.5 Å². The van der Waals surface area contributed by atoms with E-state index >= 15 is 0 Å². The normalized spacial score (nSPS) is 11.5. The summed E-state index contributed by atoms with van der Waals surface area (Å²) in [5.74, 6) is 6.72.